The molecule has 0 bridgehead atoms. The molecule has 0 saturated heterocycles. The second-order valence-electron chi connectivity index (χ2n) is 20.7. The van der Waals surface area contributed by atoms with Crippen LogP contribution in [0.15, 0.2) is 188 Å². The molecule has 2 aliphatic carbocycles. The van der Waals surface area contributed by atoms with Crippen molar-refractivity contribution in [2.75, 3.05) is 0 Å². The molecule has 0 aliphatic heterocycles. The first-order valence-corrected chi connectivity index (χ1v) is 24.9. The highest BCUT2D eigenvalue weighted by Gasteiger charge is 2.38. The van der Waals surface area contributed by atoms with Crippen LogP contribution in [0.1, 0.15) is 66.6 Å². The summed E-state index contributed by atoms with van der Waals surface area (Å²) in [6, 6.07) is 72.0. The molecule has 346 valence electrons. The molecule has 0 spiro atoms. The minimum absolute atomic E-state index is 0.174. The Kier molecular flexibility index (Phi) is 9.04. The topological polar surface area (TPSA) is 107 Å². The Hall–Kier alpha value is -9.87. The van der Waals surface area contributed by atoms with Crippen molar-refractivity contribution in [1.82, 2.24) is 19.1 Å². The minimum atomic E-state index is -0.174. The van der Waals surface area contributed by atoms with Gasteiger partial charge in [-0.15, -0.1) is 0 Å². The van der Waals surface area contributed by atoms with Crippen LogP contribution in [0.2, 0.25) is 0 Å². The smallest absolute Gasteiger partial charge is 0.160 e. The lowest BCUT2D eigenvalue weighted by atomic mass is 9.82. The maximum absolute atomic E-state index is 11.2. The summed E-state index contributed by atoms with van der Waals surface area (Å²) in [6.45, 7) is 9.17. The van der Waals surface area contributed by atoms with E-state index in [-0.39, 0.29) is 16.4 Å². The van der Waals surface area contributed by atoms with E-state index in [1.54, 1.807) is 0 Å². The lowest BCUT2D eigenvalue weighted by Gasteiger charge is -2.21. The molecule has 3 heterocycles. The minimum Gasteiger partial charge on any atom is -0.308 e. The molecule has 0 fully saturated rings. The first-order chi connectivity index (χ1) is 36.1. The molecule has 0 atom stereocenters. The predicted octanol–water partition coefficient (Wildman–Crippen LogP) is 15.9. The first kappa shape index (κ1) is 43.0. The molecule has 74 heavy (non-hydrogen) atoms. The van der Waals surface area contributed by atoms with Crippen molar-refractivity contribution in [3.63, 3.8) is 0 Å². The number of hydrogen-bond acceptors (Lipinski definition) is 5. The molecule has 14 rings (SSSR count). The van der Waals surface area contributed by atoms with Crippen LogP contribution >= 0.6 is 0 Å². The van der Waals surface area contributed by atoms with Crippen molar-refractivity contribution >= 4 is 43.6 Å². The highest BCUT2D eigenvalue weighted by molar-refractivity contribution is 6.13. The van der Waals surface area contributed by atoms with Crippen LogP contribution in [0.3, 0.4) is 0 Å². The van der Waals surface area contributed by atoms with Gasteiger partial charge in [0.15, 0.2) is 5.82 Å². The highest BCUT2D eigenvalue weighted by atomic mass is 15.0. The monoisotopic (exact) mass is 945 g/mol. The number of rotatable bonds is 5. The zero-order valence-corrected chi connectivity index (χ0v) is 41.0. The third-order valence-corrected chi connectivity index (χ3v) is 16.1. The van der Waals surface area contributed by atoms with Gasteiger partial charge < -0.3 is 9.13 Å². The zero-order chi connectivity index (χ0) is 50.2. The molecule has 0 amide bonds. The largest absolute Gasteiger partial charge is 0.308 e. The Morgan fingerprint density at radius 2 is 0.797 bits per heavy atom. The molecule has 2 aliphatic rings. The number of hydrogen-bond donors (Lipinski definition) is 0. The van der Waals surface area contributed by atoms with Gasteiger partial charge in [-0.2, -0.15) is 15.8 Å². The molecule has 9 aromatic carbocycles. The van der Waals surface area contributed by atoms with Gasteiger partial charge in [0.1, 0.15) is 23.8 Å². The maximum Gasteiger partial charge on any atom is 0.160 e. The van der Waals surface area contributed by atoms with Crippen LogP contribution in [0, 0.1) is 34.0 Å². The molecule has 0 radical (unpaired) electrons. The van der Waals surface area contributed by atoms with Gasteiger partial charge in [0.25, 0.3) is 0 Å². The Bertz CT molecular complexity index is 4320. The van der Waals surface area contributed by atoms with E-state index in [4.69, 9.17) is 9.97 Å². The summed E-state index contributed by atoms with van der Waals surface area (Å²) in [5.41, 5.74) is 18.9. The Morgan fingerprint density at radius 3 is 1.26 bits per heavy atom. The van der Waals surface area contributed by atoms with E-state index in [1.807, 2.05) is 78.9 Å². The average molecular weight is 946 g/mol. The van der Waals surface area contributed by atoms with E-state index >= 15 is 0 Å². The van der Waals surface area contributed by atoms with Gasteiger partial charge in [-0.3, -0.25) is 0 Å². The summed E-state index contributed by atoms with van der Waals surface area (Å²) in [6.07, 6.45) is 0. The van der Waals surface area contributed by atoms with E-state index in [2.05, 4.69) is 164 Å². The normalized spacial score (nSPS) is 13.6. The van der Waals surface area contributed by atoms with Gasteiger partial charge in [0.05, 0.1) is 56.0 Å². The van der Waals surface area contributed by atoms with Crippen molar-refractivity contribution in [2.45, 2.75) is 38.5 Å². The summed E-state index contributed by atoms with van der Waals surface area (Å²) in [5, 5.41) is 37.8. The Morgan fingerprint density at radius 1 is 0.365 bits per heavy atom. The van der Waals surface area contributed by atoms with Crippen molar-refractivity contribution in [3.8, 4) is 85.7 Å². The molecular weight excluding hydrogens is 903 g/mol. The van der Waals surface area contributed by atoms with Gasteiger partial charge in [0, 0.05) is 49.1 Å². The Labute approximate surface area is 427 Å². The lowest BCUT2D eigenvalue weighted by Crippen LogP contribution is -2.14. The number of nitriles is 3. The van der Waals surface area contributed by atoms with E-state index in [1.165, 1.54) is 44.5 Å². The number of benzene rings is 9. The molecule has 0 N–H and O–H groups in total. The summed E-state index contributed by atoms with van der Waals surface area (Å²) in [5.74, 6) is 0.415. The third kappa shape index (κ3) is 5.91. The van der Waals surface area contributed by atoms with Gasteiger partial charge in [-0.05, 0) is 105 Å². The number of aromatic nitrogens is 4. The SMILES string of the molecule is CC1(C)c2ccccc2-c2cc3c(cc21)c1ccccc1n3-c1ccc(-c2nc(-c3ccccc3)nc(-c3ccc(-n4c5ccccc5c5cc6c(cc54)-c4ccccc4C6(C)C)c(C#N)c3)c2C#N)cc1C#N. The molecule has 7 nitrogen and oxygen atoms in total. The van der Waals surface area contributed by atoms with E-state index in [9.17, 15) is 15.8 Å². The van der Waals surface area contributed by atoms with Crippen LogP contribution in [0.25, 0.3) is 111 Å². The fourth-order valence-corrected chi connectivity index (χ4v) is 12.5. The third-order valence-electron chi connectivity index (χ3n) is 16.1. The van der Waals surface area contributed by atoms with Gasteiger partial charge >= 0.3 is 0 Å². The van der Waals surface area contributed by atoms with Crippen molar-refractivity contribution in [3.05, 3.63) is 227 Å². The Balaban J connectivity index is 0.943. The van der Waals surface area contributed by atoms with Gasteiger partial charge in [0.2, 0.25) is 0 Å². The molecular formula is C67H43N7. The number of nitrogens with zero attached hydrogens (tertiary/aromatic N) is 7. The van der Waals surface area contributed by atoms with Crippen LogP contribution in [-0.4, -0.2) is 19.1 Å². The average Bonchev–Trinajstić information content (AvgIpc) is 4.16. The van der Waals surface area contributed by atoms with Crippen LogP contribution in [0.4, 0.5) is 0 Å². The van der Waals surface area contributed by atoms with Crippen molar-refractivity contribution < 1.29 is 0 Å². The maximum atomic E-state index is 11.2. The molecule has 3 aromatic heterocycles. The van der Waals surface area contributed by atoms with Crippen LogP contribution < -0.4 is 0 Å². The molecule has 7 heteroatoms. The summed E-state index contributed by atoms with van der Waals surface area (Å²) in [7, 11) is 0. The van der Waals surface area contributed by atoms with Crippen LogP contribution in [0.5, 0.6) is 0 Å². The van der Waals surface area contributed by atoms with Crippen molar-refractivity contribution in [1.29, 1.82) is 15.8 Å². The number of para-hydroxylation sites is 2. The lowest BCUT2D eigenvalue weighted by molar-refractivity contribution is 0.661. The summed E-state index contributed by atoms with van der Waals surface area (Å²) in [4.78, 5) is 10.2. The van der Waals surface area contributed by atoms with Gasteiger partial charge in [-0.25, -0.2) is 9.97 Å². The van der Waals surface area contributed by atoms with E-state index in [0.717, 1.165) is 60.5 Å². The summed E-state index contributed by atoms with van der Waals surface area (Å²) < 4.78 is 4.39. The molecule has 0 saturated carbocycles. The number of fused-ring (bicyclic) bond motifs is 12. The zero-order valence-electron chi connectivity index (χ0n) is 41.0. The second-order valence-corrected chi connectivity index (χ2v) is 20.7. The predicted molar refractivity (Wildman–Crippen MR) is 296 cm³/mol. The molecule has 12 aromatic rings. The summed E-state index contributed by atoms with van der Waals surface area (Å²) >= 11 is 0. The first-order valence-electron chi connectivity index (χ1n) is 24.9. The standard InChI is InChI=1S/C67H43N7/c1-66(2)53-22-12-8-18-44(53)48-34-61-50(32-55(48)66)46-20-10-14-24-59(46)73(61)57-28-26-40(30-42(57)36-68)63-52(38-70)64(72-65(71-63)39-16-6-5-7-17-39)41-27-29-58(43(31-41)37-69)74-60-25-15-11-21-47(60)51-33-56-49(35-62(51)74)45-19-9-13-23-54(45)67(56,3)4/h5-35H,1-4H3. The fourth-order valence-electron chi connectivity index (χ4n) is 12.5. The molecule has 0 unspecified atom stereocenters. The second kappa shape index (κ2) is 15.6. The fraction of sp³-hybridized carbons (Fsp3) is 0.0896. The van der Waals surface area contributed by atoms with E-state index < -0.39 is 0 Å². The quantitative estimate of drug-likeness (QED) is 0.171. The van der Waals surface area contributed by atoms with E-state index in [0.29, 0.717) is 39.5 Å². The highest BCUT2D eigenvalue weighted by Crippen LogP contribution is 2.53. The van der Waals surface area contributed by atoms with Gasteiger partial charge in [-0.1, -0.05) is 155 Å². The van der Waals surface area contributed by atoms with Crippen molar-refractivity contribution in [2.24, 2.45) is 0 Å². The van der Waals surface area contributed by atoms with Crippen LogP contribution in [-0.2, 0) is 10.8 Å².